The quantitative estimate of drug-likeness (QED) is 0.527. The van der Waals surface area contributed by atoms with Gasteiger partial charge in [0.25, 0.3) is 0 Å². The number of amides is 2. The molecule has 0 aliphatic rings. The number of nitrogens with one attached hydrogen (secondary N) is 2. The van der Waals surface area contributed by atoms with Crippen LogP contribution >= 0.6 is 11.6 Å². The largest absolute Gasteiger partial charge is 0.323 e. The van der Waals surface area contributed by atoms with Crippen molar-refractivity contribution < 1.29 is 4.79 Å². The van der Waals surface area contributed by atoms with Crippen LogP contribution < -0.4 is 10.6 Å². The Morgan fingerprint density at radius 1 is 1.11 bits per heavy atom. The van der Waals surface area contributed by atoms with Crippen molar-refractivity contribution in [3.63, 3.8) is 0 Å². The number of urea groups is 1. The van der Waals surface area contributed by atoms with E-state index in [9.17, 15) is 4.79 Å². The smallest absolute Gasteiger partial charge is 0.308 e. The van der Waals surface area contributed by atoms with Gasteiger partial charge in [-0.05, 0) is 42.8 Å². The molecular weight excluding hydrogens is 362 g/mol. The molecule has 4 rings (SSSR count). The Kier molecular flexibility index (Phi) is 4.48. The van der Waals surface area contributed by atoms with Gasteiger partial charge in [-0.2, -0.15) is 0 Å². The number of aromatic nitrogens is 3. The number of benzene rings is 2. The van der Waals surface area contributed by atoms with Crippen LogP contribution in [0.3, 0.4) is 0 Å². The van der Waals surface area contributed by atoms with Crippen molar-refractivity contribution in [3.05, 3.63) is 77.7 Å². The Morgan fingerprint density at radius 3 is 2.67 bits per heavy atom. The number of nitrogens with zero attached hydrogens (tertiary/aromatic N) is 3. The minimum absolute atomic E-state index is 0.356. The number of aryl methyl sites for hydroxylation is 1. The molecule has 2 N–H and O–H groups in total. The predicted octanol–water partition coefficient (Wildman–Crippen LogP) is 5.00. The number of carbonyl (C=O) groups is 1. The Morgan fingerprint density at radius 2 is 1.93 bits per heavy atom. The summed E-state index contributed by atoms with van der Waals surface area (Å²) in [7, 11) is 0. The topological polar surface area (TPSA) is 71.3 Å². The molecule has 0 atom stereocenters. The molecule has 0 aliphatic heterocycles. The Bertz CT molecular complexity index is 1090. The average molecular weight is 378 g/mol. The summed E-state index contributed by atoms with van der Waals surface area (Å²) in [6, 6.07) is 14.4. The van der Waals surface area contributed by atoms with Crippen LogP contribution in [-0.2, 0) is 0 Å². The molecule has 2 aromatic heterocycles. The zero-order chi connectivity index (χ0) is 18.8. The van der Waals surface area contributed by atoms with Gasteiger partial charge in [-0.25, -0.2) is 14.8 Å². The minimum Gasteiger partial charge on any atom is -0.308 e. The third kappa shape index (κ3) is 3.75. The Hall–Kier alpha value is -3.38. The molecule has 0 fully saturated rings. The van der Waals surface area contributed by atoms with Gasteiger partial charge in [0.05, 0.1) is 16.4 Å². The van der Waals surface area contributed by atoms with Crippen LogP contribution in [0.15, 0.2) is 67.1 Å². The van der Waals surface area contributed by atoms with Crippen molar-refractivity contribution in [1.29, 1.82) is 0 Å². The summed E-state index contributed by atoms with van der Waals surface area (Å²) < 4.78 is 1.86. The van der Waals surface area contributed by atoms with Crippen molar-refractivity contribution in [2.24, 2.45) is 0 Å². The molecule has 2 heterocycles. The minimum atomic E-state index is -0.356. The molecule has 0 unspecified atom stereocenters. The summed E-state index contributed by atoms with van der Waals surface area (Å²) in [6.07, 6.45) is 5.52. The second kappa shape index (κ2) is 7.09. The molecule has 0 saturated carbocycles. The zero-order valence-corrected chi connectivity index (χ0v) is 15.2. The third-order valence-corrected chi connectivity index (χ3v) is 4.36. The molecule has 2 amide bonds. The number of anilines is 2. The molecule has 0 radical (unpaired) electrons. The summed E-state index contributed by atoms with van der Waals surface area (Å²) in [5, 5.41) is 6.04. The summed E-state index contributed by atoms with van der Waals surface area (Å²) in [4.78, 5) is 20.9. The lowest BCUT2D eigenvalue weighted by molar-refractivity contribution is 0.262. The fraction of sp³-hybridized carbons (Fsp3) is 0.0500. The molecule has 27 heavy (non-hydrogen) atoms. The van der Waals surface area contributed by atoms with Crippen molar-refractivity contribution in [1.82, 2.24) is 14.4 Å². The van der Waals surface area contributed by atoms with E-state index in [2.05, 4.69) is 20.6 Å². The summed E-state index contributed by atoms with van der Waals surface area (Å²) in [5.41, 5.74) is 4.02. The van der Waals surface area contributed by atoms with Gasteiger partial charge in [-0.15, -0.1) is 0 Å². The number of rotatable bonds is 3. The molecule has 0 bridgehead atoms. The highest BCUT2D eigenvalue weighted by atomic mass is 35.5. The number of hydrogen-bond donors (Lipinski definition) is 2. The first-order valence-electron chi connectivity index (χ1n) is 8.33. The van der Waals surface area contributed by atoms with Gasteiger partial charge in [0.15, 0.2) is 0 Å². The lowest BCUT2D eigenvalue weighted by Gasteiger charge is -2.10. The highest BCUT2D eigenvalue weighted by molar-refractivity contribution is 6.33. The van der Waals surface area contributed by atoms with E-state index in [1.54, 1.807) is 18.3 Å². The summed E-state index contributed by atoms with van der Waals surface area (Å²) >= 11 is 6.14. The van der Waals surface area contributed by atoms with E-state index in [1.165, 1.54) is 0 Å². The maximum absolute atomic E-state index is 12.2. The maximum Gasteiger partial charge on any atom is 0.323 e. The van der Waals surface area contributed by atoms with Crippen LogP contribution in [0.1, 0.15) is 5.56 Å². The highest BCUT2D eigenvalue weighted by Gasteiger charge is 2.08. The van der Waals surface area contributed by atoms with E-state index in [0.29, 0.717) is 22.2 Å². The first-order valence-corrected chi connectivity index (χ1v) is 8.70. The van der Waals surface area contributed by atoms with Crippen molar-refractivity contribution in [3.8, 4) is 11.3 Å². The van der Waals surface area contributed by atoms with Gasteiger partial charge in [-0.1, -0.05) is 29.8 Å². The van der Waals surface area contributed by atoms with Gasteiger partial charge < -0.3 is 10.6 Å². The molecule has 2 aromatic carbocycles. The standard InChI is InChI=1S/C20H16ClN5O/c1-13-3-8-17(16(21)11-13)25-20(27)23-15-6-4-14(5-7-15)18-12-26-10-2-9-22-19(26)24-18/h2-12H,1H3,(H2,23,25,27). The second-order valence-corrected chi connectivity index (χ2v) is 6.50. The zero-order valence-electron chi connectivity index (χ0n) is 14.5. The third-order valence-electron chi connectivity index (χ3n) is 4.05. The molecule has 4 aromatic rings. The Labute approximate surface area is 160 Å². The second-order valence-electron chi connectivity index (χ2n) is 6.09. The molecule has 6 nitrogen and oxygen atoms in total. The monoisotopic (exact) mass is 377 g/mol. The van der Waals surface area contributed by atoms with Crippen LogP contribution in [0.4, 0.5) is 16.2 Å². The summed E-state index contributed by atoms with van der Waals surface area (Å²) in [6.45, 7) is 1.94. The molecular formula is C20H16ClN5O. The van der Waals surface area contributed by atoms with Gasteiger partial charge >= 0.3 is 6.03 Å². The lowest BCUT2D eigenvalue weighted by atomic mass is 10.1. The molecule has 7 heteroatoms. The number of fused-ring (bicyclic) bond motifs is 1. The van der Waals surface area contributed by atoms with Gasteiger partial charge in [0.2, 0.25) is 5.78 Å². The van der Waals surface area contributed by atoms with Crippen LogP contribution in [0.2, 0.25) is 5.02 Å². The number of imidazole rings is 1. The number of hydrogen-bond acceptors (Lipinski definition) is 3. The van der Waals surface area contributed by atoms with Crippen molar-refractivity contribution in [2.75, 3.05) is 10.6 Å². The van der Waals surface area contributed by atoms with Crippen molar-refractivity contribution in [2.45, 2.75) is 6.92 Å². The maximum atomic E-state index is 12.2. The fourth-order valence-electron chi connectivity index (χ4n) is 2.70. The normalized spacial score (nSPS) is 10.7. The van der Waals surface area contributed by atoms with E-state index in [0.717, 1.165) is 16.8 Å². The molecule has 0 spiro atoms. The predicted molar refractivity (Wildman–Crippen MR) is 107 cm³/mol. The van der Waals surface area contributed by atoms with Gasteiger partial charge in [0, 0.05) is 29.8 Å². The Balaban J connectivity index is 1.46. The molecule has 0 saturated heterocycles. The van der Waals surface area contributed by atoms with Gasteiger partial charge in [-0.3, -0.25) is 4.40 Å². The van der Waals surface area contributed by atoms with E-state index >= 15 is 0 Å². The number of carbonyl (C=O) groups excluding carboxylic acids is 1. The lowest BCUT2D eigenvalue weighted by Crippen LogP contribution is -2.19. The summed E-state index contributed by atoms with van der Waals surface area (Å²) in [5.74, 6) is 0.643. The van der Waals surface area contributed by atoms with E-state index in [1.807, 2.05) is 60.1 Å². The fourth-order valence-corrected chi connectivity index (χ4v) is 2.98. The van der Waals surface area contributed by atoms with E-state index < -0.39 is 0 Å². The van der Waals surface area contributed by atoms with Crippen LogP contribution in [0.25, 0.3) is 17.0 Å². The van der Waals surface area contributed by atoms with Gasteiger partial charge in [0.1, 0.15) is 0 Å². The van der Waals surface area contributed by atoms with Crippen LogP contribution in [0.5, 0.6) is 0 Å². The number of halogens is 1. The van der Waals surface area contributed by atoms with Crippen molar-refractivity contribution >= 4 is 34.8 Å². The molecule has 134 valence electrons. The SMILES string of the molecule is Cc1ccc(NC(=O)Nc2ccc(-c3cn4cccnc4n3)cc2)c(Cl)c1. The van der Waals surface area contributed by atoms with Crippen LogP contribution in [-0.4, -0.2) is 20.4 Å². The first-order chi connectivity index (χ1) is 13.1. The first kappa shape index (κ1) is 17.1. The average Bonchev–Trinajstić information content (AvgIpc) is 3.09. The highest BCUT2D eigenvalue weighted by Crippen LogP contribution is 2.24. The van der Waals surface area contributed by atoms with E-state index in [-0.39, 0.29) is 6.03 Å². The van der Waals surface area contributed by atoms with Crippen LogP contribution in [0, 0.1) is 6.92 Å². The molecule has 0 aliphatic carbocycles. The van der Waals surface area contributed by atoms with E-state index in [4.69, 9.17) is 11.6 Å².